The second-order valence-electron chi connectivity index (χ2n) is 4.81. The lowest BCUT2D eigenvalue weighted by atomic mass is 10.1. The van der Waals surface area contributed by atoms with Crippen LogP contribution in [0.25, 0.3) is 0 Å². The monoisotopic (exact) mass is 313 g/mol. The lowest BCUT2D eigenvalue weighted by molar-refractivity contribution is 0.00515. The first-order valence-corrected chi connectivity index (χ1v) is 7.86. The molecule has 0 aliphatic carbocycles. The van der Waals surface area contributed by atoms with Crippen LogP contribution >= 0.6 is 0 Å². The highest BCUT2D eigenvalue weighted by Crippen LogP contribution is 2.23. The van der Waals surface area contributed by atoms with Gasteiger partial charge >= 0.3 is 10.4 Å². The third-order valence-electron chi connectivity index (χ3n) is 3.17. The van der Waals surface area contributed by atoms with Crippen LogP contribution in [0.4, 0.5) is 0 Å². The molecule has 2 heterocycles. The van der Waals surface area contributed by atoms with Crippen LogP contribution in [0, 0.1) is 0 Å². The molecular weight excluding hydrogens is 298 g/mol. The smallest absolute Gasteiger partial charge is 0.389 e. The van der Waals surface area contributed by atoms with Gasteiger partial charge in [0, 0.05) is 6.42 Å². The third-order valence-corrected chi connectivity index (χ3v) is 4.07. The molecule has 2 atom stereocenters. The fraction of sp³-hybridized carbons (Fsp3) is 0.462. The molecule has 114 valence electrons. The molecule has 7 nitrogen and oxygen atoms in total. The summed E-state index contributed by atoms with van der Waals surface area (Å²) in [5.74, 6) is 0. The number of nitrogens with zero attached hydrogens (tertiary/aromatic N) is 1. The normalized spacial score (nSPS) is 27.3. The maximum atomic E-state index is 11.0. The molecule has 0 aromatic heterocycles. The number of ether oxygens (including phenoxy) is 1. The number of hydrogen-bond donors (Lipinski definition) is 0. The van der Waals surface area contributed by atoms with Crippen LogP contribution in [0.2, 0.25) is 0 Å². The van der Waals surface area contributed by atoms with Gasteiger partial charge in [-0.1, -0.05) is 35.5 Å². The van der Waals surface area contributed by atoms with Crippen molar-refractivity contribution in [3.8, 4) is 0 Å². The van der Waals surface area contributed by atoms with Crippen LogP contribution in [-0.2, 0) is 34.9 Å². The van der Waals surface area contributed by atoms with Gasteiger partial charge in [0.05, 0.1) is 18.9 Å². The van der Waals surface area contributed by atoms with Crippen LogP contribution in [0.5, 0.6) is 0 Å². The van der Waals surface area contributed by atoms with Gasteiger partial charge in [-0.2, -0.15) is 8.42 Å². The Kier molecular flexibility index (Phi) is 4.20. The predicted molar refractivity (Wildman–Crippen MR) is 72.8 cm³/mol. The number of oxime groups is 1. The zero-order chi connectivity index (χ0) is 14.7. The zero-order valence-electron chi connectivity index (χ0n) is 11.2. The molecule has 0 spiro atoms. The molecule has 1 saturated heterocycles. The van der Waals surface area contributed by atoms with Crippen molar-refractivity contribution in [2.45, 2.75) is 25.2 Å². The molecule has 21 heavy (non-hydrogen) atoms. The molecule has 0 bridgehead atoms. The molecule has 8 heteroatoms. The van der Waals surface area contributed by atoms with E-state index in [2.05, 4.69) is 9.34 Å². The summed E-state index contributed by atoms with van der Waals surface area (Å²) in [6.45, 7) is 0.786. The topological polar surface area (TPSA) is 83.4 Å². The maximum absolute atomic E-state index is 11.0. The van der Waals surface area contributed by atoms with Crippen molar-refractivity contribution >= 4 is 16.1 Å². The highest BCUT2D eigenvalue weighted by atomic mass is 32.3. The molecule has 2 aliphatic rings. The molecule has 0 amide bonds. The van der Waals surface area contributed by atoms with Crippen LogP contribution in [-0.4, -0.2) is 39.6 Å². The zero-order valence-corrected chi connectivity index (χ0v) is 12.0. The minimum atomic E-state index is -3.87. The Morgan fingerprint density at radius 3 is 2.71 bits per heavy atom. The first-order chi connectivity index (χ1) is 10.1. The second-order valence-corrected chi connectivity index (χ2v) is 6.06. The van der Waals surface area contributed by atoms with Gasteiger partial charge in [-0.15, -0.1) is 0 Å². The van der Waals surface area contributed by atoms with Gasteiger partial charge in [-0.3, -0.25) is 0 Å². The molecule has 0 N–H and O–H groups in total. The summed E-state index contributed by atoms with van der Waals surface area (Å²) in [6.07, 6.45) is -0.624. The fourth-order valence-corrected chi connectivity index (χ4v) is 2.96. The summed E-state index contributed by atoms with van der Waals surface area (Å²) in [5.41, 5.74) is 1.80. The van der Waals surface area contributed by atoms with E-state index >= 15 is 0 Å². The van der Waals surface area contributed by atoms with E-state index in [1.165, 1.54) is 0 Å². The Morgan fingerprint density at radius 1 is 1.19 bits per heavy atom. The number of rotatable bonds is 5. The van der Waals surface area contributed by atoms with E-state index in [0.717, 1.165) is 11.3 Å². The summed E-state index contributed by atoms with van der Waals surface area (Å²) >= 11 is 0. The SMILES string of the molecule is O=S1(=O)OC[C@H]([C@@H]2CC(COCc3ccccc3)=NO2)O1. The van der Waals surface area contributed by atoms with Crippen molar-refractivity contribution in [3.05, 3.63) is 35.9 Å². The van der Waals surface area contributed by atoms with Crippen LogP contribution in [0.1, 0.15) is 12.0 Å². The van der Waals surface area contributed by atoms with Crippen LogP contribution in [0.15, 0.2) is 35.5 Å². The predicted octanol–water partition coefficient (Wildman–Crippen LogP) is 1.01. The summed E-state index contributed by atoms with van der Waals surface area (Å²) in [5, 5.41) is 3.90. The van der Waals surface area contributed by atoms with Gasteiger partial charge < -0.3 is 9.57 Å². The Labute approximate surface area is 122 Å². The standard InChI is InChI=1S/C13H15NO6S/c15-21(16)18-9-13(20-21)12-6-11(14-19-12)8-17-7-10-4-2-1-3-5-10/h1-5,12-13H,6-9H2/t12-,13+/m0/s1. The van der Waals surface area contributed by atoms with Crippen molar-refractivity contribution in [1.29, 1.82) is 0 Å². The minimum Gasteiger partial charge on any atom is -0.389 e. The van der Waals surface area contributed by atoms with E-state index in [4.69, 9.17) is 13.8 Å². The van der Waals surface area contributed by atoms with Crippen LogP contribution < -0.4 is 0 Å². The molecule has 0 radical (unpaired) electrons. The molecule has 0 saturated carbocycles. The summed E-state index contributed by atoms with van der Waals surface area (Å²) < 4.78 is 36.9. The number of benzene rings is 1. The number of hydrogen-bond acceptors (Lipinski definition) is 7. The van der Waals surface area contributed by atoms with Gasteiger partial charge in [0.2, 0.25) is 0 Å². The van der Waals surface area contributed by atoms with E-state index in [1.54, 1.807) is 0 Å². The van der Waals surface area contributed by atoms with E-state index in [-0.39, 0.29) is 6.61 Å². The van der Waals surface area contributed by atoms with Crippen molar-refractivity contribution in [2.24, 2.45) is 5.16 Å². The first-order valence-electron chi connectivity index (χ1n) is 6.53. The van der Waals surface area contributed by atoms with Crippen molar-refractivity contribution < 1.29 is 26.4 Å². The quantitative estimate of drug-likeness (QED) is 0.806. The lowest BCUT2D eigenvalue weighted by Crippen LogP contribution is -2.29. The highest BCUT2D eigenvalue weighted by Gasteiger charge is 2.40. The van der Waals surface area contributed by atoms with E-state index in [0.29, 0.717) is 19.6 Å². The highest BCUT2D eigenvalue weighted by molar-refractivity contribution is 7.82. The molecule has 0 unspecified atom stereocenters. The second kappa shape index (κ2) is 6.10. The summed E-state index contributed by atoms with van der Waals surface area (Å²) in [6, 6.07) is 9.79. The molecule has 1 fully saturated rings. The van der Waals surface area contributed by atoms with Gasteiger partial charge in [-0.25, -0.2) is 8.37 Å². The van der Waals surface area contributed by atoms with Gasteiger partial charge in [0.15, 0.2) is 6.10 Å². The van der Waals surface area contributed by atoms with E-state index in [9.17, 15) is 8.42 Å². The molecular formula is C13H15NO6S. The lowest BCUT2D eigenvalue weighted by Gasteiger charge is -2.11. The average Bonchev–Trinajstić information content (AvgIpc) is 3.06. The van der Waals surface area contributed by atoms with Gasteiger partial charge in [0.25, 0.3) is 0 Å². The van der Waals surface area contributed by atoms with Crippen LogP contribution in [0.3, 0.4) is 0 Å². The molecule has 1 aromatic carbocycles. The minimum absolute atomic E-state index is 0.0410. The molecule has 3 rings (SSSR count). The molecule has 1 aromatic rings. The van der Waals surface area contributed by atoms with Crippen molar-refractivity contribution in [2.75, 3.05) is 13.2 Å². The summed E-state index contributed by atoms with van der Waals surface area (Å²) in [4.78, 5) is 5.18. The maximum Gasteiger partial charge on any atom is 0.400 e. The summed E-state index contributed by atoms with van der Waals surface area (Å²) in [7, 11) is -3.87. The van der Waals surface area contributed by atoms with E-state index < -0.39 is 22.6 Å². The van der Waals surface area contributed by atoms with Crippen molar-refractivity contribution in [1.82, 2.24) is 0 Å². The van der Waals surface area contributed by atoms with Gasteiger partial charge in [-0.05, 0) is 5.56 Å². The Balaban J connectivity index is 1.43. The Bertz CT molecular complexity index is 615. The Hall–Kier alpha value is -1.48. The third kappa shape index (κ3) is 3.79. The average molecular weight is 313 g/mol. The molecule has 2 aliphatic heterocycles. The van der Waals surface area contributed by atoms with E-state index in [1.807, 2.05) is 30.3 Å². The van der Waals surface area contributed by atoms with Gasteiger partial charge in [0.1, 0.15) is 12.7 Å². The first kappa shape index (κ1) is 14.5. The van der Waals surface area contributed by atoms with Crippen molar-refractivity contribution in [3.63, 3.8) is 0 Å². The Morgan fingerprint density at radius 2 is 2.00 bits per heavy atom. The fourth-order valence-electron chi connectivity index (χ4n) is 2.12. The largest absolute Gasteiger partial charge is 0.400 e.